The van der Waals surface area contributed by atoms with Crippen LogP contribution in [-0.4, -0.2) is 16.0 Å². The van der Waals surface area contributed by atoms with E-state index in [0.717, 1.165) is 6.20 Å². The van der Waals surface area contributed by atoms with Crippen molar-refractivity contribution in [3.05, 3.63) is 28.6 Å². The second kappa shape index (κ2) is 3.36. The molecule has 0 saturated carbocycles. The summed E-state index contributed by atoms with van der Waals surface area (Å²) >= 11 is 0. The van der Waals surface area contributed by atoms with Crippen LogP contribution in [0.15, 0.2) is 23.5 Å². The molecule has 1 rings (SSSR count). The zero-order chi connectivity index (χ0) is 8.97. The molecule has 60 valence electrons. The van der Waals surface area contributed by atoms with Crippen LogP contribution in [0, 0.1) is 10.1 Å². The van der Waals surface area contributed by atoms with Crippen molar-refractivity contribution >= 4 is 17.5 Å². The van der Waals surface area contributed by atoms with Crippen LogP contribution in [0.1, 0.15) is 0 Å². The summed E-state index contributed by atoms with van der Waals surface area (Å²) in [5, 5.41) is 10.3. The number of isocyanates is 1. The Balaban J connectivity index is 3.26. The summed E-state index contributed by atoms with van der Waals surface area (Å²) in [6.45, 7) is 0. The Morgan fingerprint density at radius 1 is 1.67 bits per heavy atom. The van der Waals surface area contributed by atoms with Crippen molar-refractivity contribution in [1.29, 1.82) is 0 Å². The molecule has 0 bridgehead atoms. The van der Waals surface area contributed by atoms with E-state index in [2.05, 4.69) is 9.98 Å². The van der Waals surface area contributed by atoms with E-state index in [1.165, 1.54) is 18.3 Å². The predicted octanol–water partition coefficient (Wildman–Crippen LogP) is 0.957. The van der Waals surface area contributed by atoms with Crippen molar-refractivity contribution in [2.24, 2.45) is 4.99 Å². The highest BCUT2D eigenvalue weighted by Crippen LogP contribution is 2.23. The summed E-state index contributed by atoms with van der Waals surface area (Å²) in [5.74, 6) is 0. The van der Waals surface area contributed by atoms with Crippen LogP contribution in [-0.2, 0) is 4.79 Å². The van der Waals surface area contributed by atoms with Gasteiger partial charge in [-0.25, -0.2) is 4.79 Å². The van der Waals surface area contributed by atoms with Gasteiger partial charge in [0.2, 0.25) is 6.08 Å². The Hall–Kier alpha value is -2.07. The molecule has 0 aliphatic heterocycles. The number of carbonyl (C=O) groups excluding carboxylic acids is 1. The minimum Gasteiger partial charge on any atom is -0.258 e. The lowest BCUT2D eigenvalue weighted by atomic mass is 10.4. The molecule has 0 unspecified atom stereocenters. The van der Waals surface area contributed by atoms with E-state index in [4.69, 9.17) is 0 Å². The summed E-state index contributed by atoms with van der Waals surface area (Å²) in [4.78, 5) is 26.1. The van der Waals surface area contributed by atoms with Gasteiger partial charge in [-0.15, -0.1) is 0 Å². The molecule has 0 aromatic carbocycles. The van der Waals surface area contributed by atoms with Gasteiger partial charge in [0, 0.05) is 6.20 Å². The number of nitrogens with zero attached hydrogens (tertiary/aromatic N) is 3. The van der Waals surface area contributed by atoms with E-state index < -0.39 is 4.92 Å². The maximum absolute atomic E-state index is 10.3. The molecule has 12 heavy (non-hydrogen) atoms. The maximum Gasteiger partial charge on any atom is 0.313 e. The molecule has 0 aliphatic rings. The second-order valence-corrected chi connectivity index (χ2v) is 1.82. The first-order valence-corrected chi connectivity index (χ1v) is 2.92. The minimum absolute atomic E-state index is 0.0370. The topological polar surface area (TPSA) is 85.5 Å². The molecule has 1 aromatic rings. The summed E-state index contributed by atoms with van der Waals surface area (Å²) in [5.41, 5.74) is -0.342. The zero-order valence-electron chi connectivity index (χ0n) is 5.80. The molecule has 0 saturated heterocycles. The van der Waals surface area contributed by atoms with Crippen LogP contribution in [0.3, 0.4) is 0 Å². The first-order valence-electron chi connectivity index (χ1n) is 2.92. The number of hydrogen-bond acceptors (Lipinski definition) is 5. The first-order chi connectivity index (χ1) is 5.75. The van der Waals surface area contributed by atoms with Gasteiger partial charge in [0.1, 0.15) is 6.20 Å². The lowest BCUT2D eigenvalue weighted by Crippen LogP contribution is -1.88. The molecule has 0 radical (unpaired) electrons. The molecule has 0 fully saturated rings. The second-order valence-electron chi connectivity index (χ2n) is 1.82. The normalized spacial score (nSPS) is 8.67. The number of pyridine rings is 1. The van der Waals surface area contributed by atoms with Crippen molar-refractivity contribution in [3.8, 4) is 0 Å². The smallest absolute Gasteiger partial charge is 0.258 e. The fourth-order valence-corrected chi connectivity index (χ4v) is 0.663. The molecule has 1 aromatic heterocycles. The highest BCUT2D eigenvalue weighted by atomic mass is 16.6. The zero-order valence-corrected chi connectivity index (χ0v) is 5.80. The van der Waals surface area contributed by atoms with Crippen LogP contribution in [0.4, 0.5) is 11.4 Å². The van der Waals surface area contributed by atoms with Crippen LogP contribution >= 0.6 is 0 Å². The molecular weight excluding hydrogens is 162 g/mol. The predicted molar refractivity (Wildman–Crippen MR) is 38.7 cm³/mol. The minimum atomic E-state index is -0.664. The SMILES string of the molecule is O=C=Nc1ccncc1[N+](=O)[O-]. The molecule has 0 aliphatic carbocycles. The molecule has 0 N–H and O–H groups in total. The lowest BCUT2D eigenvalue weighted by Gasteiger charge is -1.91. The van der Waals surface area contributed by atoms with E-state index in [0.29, 0.717) is 0 Å². The third kappa shape index (κ3) is 1.50. The molecule has 0 amide bonds. The lowest BCUT2D eigenvalue weighted by molar-refractivity contribution is -0.384. The van der Waals surface area contributed by atoms with Gasteiger partial charge in [0.15, 0.2) is 5.69 Å². The Labute approximate surface area is 66.7 Å². The monoisotopic (exact) mass is 165 g/mol. The summed E-state index contributed by atoms with van der Waals surface area (Å²) in [7, 11) is 0. The van der Waals surface area contributed by atoms with E-state index in [9.17, 15) is 14.9 Å². The molecule has 6 heteroatoms. The fraction of sp³-hybridized carbons (Fsp3) is 0. The van der Waals surface area contributed by atoms with Gasteiger partial charge in [0.05, 0.1) is 4.92 Å². The van der Waals surface area contributed by atoms with Crippen LogP contribution in [0.2, 0.25) is 0 Å². The van der Waals surface area contributed by atoms with Gasteiger partial charge in [-0.2, -0.15) is 4.99 Å². The van der Waals surface area contributed by atoms with Crippen LogP contribution in [0.25, 0.3) is 0 Å². The average molecular weight is 165 g/mol. The average Bonchev–Trinajstić information content (AvgIpc) is 2.05. The Morgan fingerprint density at radius 3 is 3.00 bits per heavy atom. The van der Waals surface area contributed by atoms with Crippen LogP contribution in [0.5, 0.6) is 0 Å². The molecule has 0 spiro atoms. The number of aliphatic imine (C=N–C) groups is 1. The van der Waals surface area contributed by atoms with Crippen molar-refractivity contribution in [2.45, 2.75) is 0 Å². The quantitative estimate of drug-likeness (QED) is 0.282. The fourth-order valence-electron chi connectivity index (χ4n) is 0.663. The van der Waals surface area contributed by atoms with Gasteiger partial charge < -0.3 is 0 Å². The van der Waals surface area contributed by atoms with Gasteiger partial charge in [-0.3, -0.25) is 15.1 Å². The number of nitro groups is 1. The van der Waals surface area contributed by atoms with Crippen molar-refractivity contribution in [2.75, 3.05) is 0 Å². The Morgan fingerprint density at radius 2 is 2.42 bits per heavy atom. The number of hydrogen-bond donors (Lipinski definition) is 0. The van der Waals surface area contributed by atoms with E-state index in [-0.39, 0.29) is 11.4 Å². The van der Waals surface area contributed by atoms with E-state index in [1.54, 1.807) is 0 Å². The highest BCUT2D eigenvalue weighted by molar-refractivity contribution is 5.59. The van der Waals surface area contributed by atoms with E-state index in [1.807, 2.05) is 0 Å². The first kappa shape index (κ1) is 8.03. The standard InChI is InChI=1S/C6H3N3O3/c10-4-8-5-1-2-7-3-6(5)9(11)12/h1-3H. The molecule has 6 nitrogen and oxygen atoms in total. The van der Waals surface area contributed by atoms with Crippen molar-refractivity contribution in [3.63, 3.8) is 0 Å². The number of rotatable bonds is 2. The Kier molecular flexibility index (Phi) is 2.25. The van der Waals surface area contributed by atoms with Gasteiger partial charge in [-0.05, 0) is 6.07 Å². The van der Waals surface area contributed by atoms with Gasteiger partial charge in [0.25, 0.3) is 0 Å². The molecular formula is C6H3N3O3. The summed E-state index contributed by atoms with van der Waals surface area (Å²) in [6, 6.07) is 1.27. The van der Waals surface area contributed by atoms with Crippen molar-refractivity contribution < 1.29 is 9.72 Å². The van der Waals surface area contributed by atoms with Gasteiger partial charge in [-0.1, -0.05) is 0 Å². The maximum atomic E-state index is 10.3. The van der Waals surface area contributed by atoms with E-state index >= 15 is 0 Å². The number of aromatic nitrogens is 1. The summed E-state index contributed by atoms with van der Waals surface area (Å²) in [6.07, 6.45) is 3.55. The Bertz CT molecular complexity index is 336. The largest absolute Gasteiger partial charge is 0.313 e. The third-order valence-corrected chi connectivity index (χ3v) is 1.14. The van der Waals surface area contributed by atoms with Crippen molar-refractivity contribution in [1.82, 2.24) is 4.98 Å². The van der Waals surface area contributed by atoms with Gasteiger partial charge >= 0.3 is 5.69 Å². The third-order valence-electron chi connectivity index (χ3n) is 1.14. The van der Waals surface area contributed by atoms with Crippen LogP contribution < -0.4 is 0 Å². The summed E-state index contributed by atoms with van der Waals surface area (Å²) < 4.78 is 0. The molecule has 1 heterocycles. The molecule has 0 atom stereocenters. The highest BCUT2D eigenvalue weighted by Gasteiger charge is 2.11.